The van der Waals surface area contributed by atoms with Crippen LogP contribution in [0.2, 0.25) is 0 Å². The summed E-state index contributed by atoms with van der Waals surface area (Å²) in [6, 6.07) is 9.04. The van der Waals surface area contributed by atoms with Crippen LogP contribution in [0, 0.1) is 10.1 Å². The summed E-state index contributed by atoms with van der Waals surface area (Å²) in [5, 5.41) is 18.3. The van der Waals surface area contributed by atoms with Gasteiger partial charge in [0, 0.05) is 23.6 Å². The molecule has 0 bridgehead atoms. The van der Waals surface area contributed by atoms with Crippen LogP contribution in [0.15, 0.2) is 47.4 Å². The number of benzene rings is 1. The van der Waals surface area contributed by atoms with Crippen LogP contribution in [0.4, 0.5) is 5.00 Å². The van der Waals surface area contributed by atoms with Gasteiger partial charge in [-0.25, -0.2) is 13.6 Å². The van der Waals surface area contributed by atoms with Crippen molar-refractivity contribution in [3.63, 3.8) is 0 Å². The number of thiophene rings is 1. The van der Waals surface area contributed by atoms with Crippen molar-refractivity contribution in [2.45, 2.75) is 11.3 Å². The van der Waals surface area contributed by atoms with E-state index < -0.39 is 14.9 Å². The quantitative estimate of drug-likeness (QED) is 0.428. The first kappa shape index (κ1) is 18.8. The third-order valence-corrected chi connectivity index (χ3v) is 5.09. The highest BCUT2D eigenvalue weighted by molar-refractivity contribution is 7.89. The second-order valence-electron chi connectivity index (χ2n) is 5.00. The third-order valence-electron chi connectivity index (χ3n) is 3.16. The van der Waals surface area contributed by atoms with E-state index in [-0.39, 0.29) is 15.8 Å². The number of carbonyl (C=O) groups is 1. The highest BCUT2D eigenvalue weighted by atomic mass is 32.2. The molecule has 0 unspecified atom stereocenters. The highest BCUT2D eigenvalue weighted by Crippen LogP contribution is 2.24. The first-order valence-corrected chi connectivity index (χ1v) is 9.44. The lowest BCUT2D eigenvalue weighted by molar-refractivity contribution is -0.380. The Morgan fingerprint density at radius 2 is 1.92 bits per heavy atom. The highest BCUT2D eigenvalue weighted by Gasteiger charge is 2.08. The Labute approximate surface area is 148 Å². The first-order valence-electron chi connectivity index (χ1n) is 7.07. The monoisotopic (exact) mass is 381 g/mol. The minimum atomic E-state index is -3.71. The molecule has 1 heterocycles. The Bertz CT molecular complexity index is 902. The van der Waals surface area contributed by atoms with Gasteiger partial charge in [0.25, 0.3) is 0 Å². The summed E-state index contributed by atoms with van der Waals surface area (Å²) in [6.07, 6.45) is 3.34. The van der Waals surface area contributed by atoms with Crippen LogP contribution >= 0.6 is 11.3 Å². The van der Waals surface area contributed by atoms with Crippen molar-refractivity contribution in [3.05, 3.63) is 63.0 Å². The molecule has 3 N–H and O–H groups in total. The van der Waals surface area contributed by atoms with Crippen molar-refractivity contribution >= 4 is 38.3 Å². The molecule has 0 aliphatic rings. The summed E-state index contributed by atoms with van der Waals surface area (Å²) < 4.78 is 22.3. The lowest BCUT2D eigenvalue weighted by atomic mass is 10.1. The van der Waals surface area contributed by atoms with Crippen LogP contribution < -0.4 is 10.5 Å². The van der Waals surface area contributed by atoms with E-state index >= 15 is 0 Å². The van der Waals surface area contributed by atoms with Crippen LogP contribution in [-0.4, -0.2) is 25.8 Å². The molecule has 0 radical (unpaired) electrons. The Hall–Kier alpha value is -2.56. The van der Waals surface area contributed by atoms with E-state index in [1.807, 2.05) is 0 Å². The molecule has 8 nitrogen and oxygen atoms in total. The molecule has 1 aromatic carbocycles. The van der Waals surface area contributed by atoms with Gasteiger partial charge < -0.3 is 5.32 Å². The van der Waals surface area contributed by atoms with Gasteiger partial charge in [0.15, 0.2) is 0 Å². The van der Waals surface area contributed by atoms with Gasteiger partial charge in [-0.1, -0.05) is 23.5 Å². The van der Waals surface area contributed by atoms with Gasteiger partial charge in [-0.05, 0) is 36.3 Å². The maximum absolute atomic E-state index is 11.7. The summed E-state index contributed by atoms with van der Waals surface area (Å²) in [7, 11) is -3.71. The number of sulfonamides is 1. The number of nitro groups is 1. The summed E-state index contributed by atoms with van der Waals surface area (Å²) in [5.74, 6) is -0.322. The molecule has 2 aromatic rings. The van der Waals surface area contributed by atoms with Crippen LogP contribution in [0.25, 0.3) is 6.08 Å². The maximum atomic E-state index is 11.7. The number of nitrogens with one attached hydrogen (secondary N) is 1. The fraction of sp³-hybridized carbons (Fsp3) is 0.133. The molecule has 2 rings (SSSR count). The second kappa shape index (κ2) is 8.01. The first-order chi connectivity index (χ1) is 11.8. The number of hydrogen-bond donors (Lipinski definition) is 2. The Balaban J connectivity index is 1.81. The molecule has 0 saturated heterocycles. The van der Waals surface area contributed by atoms with Gasteiger partial charge in [0.2, 0.25) is 15.9 Å². The average molecular weight is 381 g/mol. The summed E-state index contributed by atoms with van der Waals surface area (Å²) in [6.45, 7) is 0.364. The zero-order valence-electron chi connectivity index (χ0n) is 12.9. The van der Waals surface area contributed by atoms with E-state index in [0.717, 1.165) is 16.9 Å². The summed E-state index contributed by atoms with van der Waals surface area (Å²) >= 11 is 0.982. The van der Waals surface area contributed by atoms with Crippen LogP contribution in [0.3, 0.4) is 0 Å². The minimum Gasteiger partial charge on any atom is -0.352 e. The molecule has 10 heteroatoms. The van der Waals surface area contributed by atoms with Crippen molar-refractivity contribution in [2.75, 3.05) is 6.54 Å². The topological polar surface area (TPSA) is 132 Å². The molecule has 1 aromatic heterocycles. The molecule has 25 heavy (non-hydrogen) atoms. The number of primary sulfonamides is 1. The van der Waals surface area contributed by atoms with Crippen molar-refractivity contribution in [1.29, 1.82) is 0 Å². The van der Waals surface area contributed by atoms with Gasteiger partial charge in [-0.3, -0.25) is 14.9 Å². The molecule has 0 aliphatic carbocycles. The molecule has 0 fully saturated rings. The van der Waals surface area contributed by atoms with Crippen molar-refractivity contribution in [2.24, 2.45) is 5.14 Å². The molecule has 0 saturated carbocycles. The van der Waals surface area contributed by atoms with E-state index in [2.05, 4.69) is 5.32 Å². The predicted molar refractivity (Wildman–Crippen MR) is 94.5 cm³/mol. The minimum absolute atomic E-state index is 0.0167. The van der Waals surface area contributed by atoms with E-state index in [0.29, 0.717) is 17.8 Å². The van der Waals surface area contributed by atoms with Gasteiger partial charge in [0.1, 0.15) is 0 Å². The Kier molecular flexibility index (Phi) is 6.02. The largest absolute Gasteiger partial charge is 0.352 e. The Morgan fingerprint density at radius 3 is 2.48 bits per heavy atom. The molecule has 1 amide bonds. The third kappa shape index (κ3) is 5.78. The predicted octanol–water partition coefficient (Wildman–Crippen LogP) is 1.68. The SMILES string of the molecule is NS(=O)(=O)c1ccc(CCNC(=O)/C=C/c2ccc([N+](=O)[O-])s2)cc1. The summed E-state index contributed by atoms with van der Waals surface area (Å²) in [5.41, 5.74) is 0.852. The fourth-order valence-corrected chi connectivity index (χ4v) is 3.16. The second-order valence-corrected chi connectivity index (χ2v) is 7.65. The van der Waals surface area contributed by atoms with Crippen LogP contribution in [-0.2, 0) is 21.2 Å². The van der Waals surface area contributed by atoms with Gasteiger partial charge in [-0.2, -0.15) is 0 Å². The standard InChI is InChI=1S/C15H15N3O5S2/c16-25(22,23)13-5-1-11(2-6-13)9-10-17-14(19)7-3-12-4-8-15(24-12)18(20)21/h1-8H,9-10H2,(H,17,19)(H2,16,22,23)/b7-3+. The number of carbonyl (C=O) groups excluding carboxylic acids is 1. The molecular weight excluding hydrogens is 366 g/mol. The van der Waals surface area contributed by atoms with E-state index in [4.69, 9.17) is 5.14 Å². The molecule has 0 spiro atoms. The molecular formula is C15H15N3O5S2. The van der Waals surface area contributed by atoms with Crippen molar-refractivity contribution < 1.29 is 18.1 Å². The van der Waals surface area contributed by atoms with E-state index in [9.17, 15) is 23.3 Å². The molecule has 132 valence electrons. The van der Waals surface area contributed by atoms with Crippen molar-refractivity contribution in [3.8, 4) is 0 Å². The lowest BCUT2D eigenvalue weighted by Gasteiger charge is -2.04. The van der Waals surface area contributed by atoms with Crippen LogP contribution in [0.5, 0.6) is 0 Å². The zero-order chi connectivity index (χ0) is 18.4. The number of nitrogens with two attached hydrogens (primary N) is 1. The fourth-order valence-electron chi connectivity index (χ4n) is 1.92. The molecule has 0 aliphatic heterocycles. The normalized spacial score (nSPS) is 11.6. The molecule has 0 atom stereocenters. The smallest absolute Gasteiger partial charge is 0.324 e. The van der Waals surface area contributed by atoms with E-state index in [1.165, 1.54) is 30.4 Å². The Morgan fingerprint density at radius 1 is 1.24 bits per heavy atom. The van der Waals surface area contributed by atoms with Gasteiger partial charge in [-0.15, -0.1) is 0 Å². The number of amides is 1. The number of hydrogen-bond acceptors (Lipinski definition) is 6. The van der Waals surface area contributed by atoms with Gasteiger partial charge in [0.05, 0.1) is 9.82 Å². The van der Waals surface area contributed by atoms with Gasteiger partial charge >= 0.3 is 5.00 Å². The number of nitrogens with zero attached hydrogens (tertiary/aromatic N) is 1. The lowest BCUT2D eigenvalue weighted by Crippen LogP contribution is -2.23. The van der Waals surface area contributed by atoms with Crippen molar-refractivity contribution in [1.82, 2.24) is 5.32 Å². The van der Waals surface area contributed by atoms with Crippen LogP contribution in [0.1, 0.15) is 10.4 Å². The maximum Gasteiger partial charge on any atom is 0.324 e. The summed E-state index contributed by atoms with van der Waals surface area (Å²) in [4.78, 5) is 22.5. The number of rotatable bonds is 7. The average Bonchev–Trinajstić information content (AvgIpc) is 3.02. The zero-order valence-corrected chi connectivity index (χ0v) is 14.5. The van der Waals surface area contributed by atoms with E-state index in [1.54, 1.807) is 18.2 Å².